The molecule has 0 fully saturated rings. The van der Waals surface area contributed by atoms with E-state index in [2.05, 4.69) is 58.0 Å². The summed E-state index contributed by atoms with van der Waals surface area (Å²) in [5.74, 6) is 0. The van der Waals surface area contributed by atoms with Gasteiger partial charge in [-0.25, -0.2) is 0 Å². The monoisotopic (exact) mass is 274 g/mol. The summed E-state index contributed by atoms with van der Waals surface area (Å²) in [5, 5.41) is 0. The Morgan fingerprint density at radius 3 is 2.45 bits per heavy atom. The van der Waals surface area contributed by atoms with Crippen molar-refractivity contribution in [2.75, 3.05) is 20.8 Å². The molecule has 0 radical (unpaired) electrons. The van der Waals surface area contributed by atoms with Crippen LogP contribution in [0.3, 0.4) is 0 Å². The van der Waals surface area contributed by atoms with Crippen molar-refractivity contribution < 1.29 is 9.47 Å². The topological polar surface area (TPSA) is 18.5 Å². The van der Waals surface area contributed by atoms with Crippen molar-refractivity contribution in [2.24, 2.45) is 0 Å². The highest BCUT2D eigenvalue weighted by Crippen LogP contribution is 2.45. The van der Waals surface area contributed by atoms with E-state index >= 15 is 0 Å². The van der Waals surface area contributed by atoms with Crippen LogP contribution in [0.4, 0.5) is 0 Å². The molecule has 2 unspecified atom stereocenters. The first-order valence-electron chi connectivity index (χ1n) is 7.22. The van der Waals surface area contributed by atoms with Gasteiger partial charge >= 0.3 is 0 Å². The van der Waals surface area contributed by atoms with Crippen LogP contribution in [0.25, 0.3) is 6.08 Å². The molecule has 2 atom stereocenters. The molecular weight excluding hydrogens is 248 g/mol. The first-order chi connectivity index (χ1) is 9.36. The molecule has 0 N–H and O–H groups in total. The Bertz CT molecular complexity index is 511. The molecule has 0 saturated heterocycles. The zero-order valence-electron chi connectivity index (χ0n) is 13.5. The van der Waals surface area contributed by atoms with Gasteiger partial charge in [-0.1, -0.05) is 51.1 Å². The average Bonchev–Trinajstić information content (AvgIpc) is 2.77. The molecule has 2 nitrogen and oxygen atoms in total. The fourth-order valence-electron chi connectivity index (χ4n) is 3.20. The van der Waals surface area contributed by atoms with Gasteiger partial charge in [-0.05, 0) is 29.0 Å². The van der Waals surface area contributed by atoms with Crippen LogP contribution in [0.15, 0.2) is 24.3 Å². The highest BCUT2D eigenvalue weighted by atomic mass is 16.5. The number of hydrogen-bond acceptors (Lipinski definition) is 2. The van der Waals surface area contributed by atoms with E-state index < -0.39 is 0 Å². The fourth-order valence-corrected chi connectivity index (χ4v) is 3.20. The predicted molar refractivity (Wildman–Crippen MR) is 84.2 cm³/mol. The van der Waals surface area contributed by atoms with Gasteiger partial charge in [0.1, 0.15) is 0 Å². The molecule has 1 aliphatic carbocycles. The van der Waals surface area contributed by atoms with E-state index in [0.717, 1.165) is 0 Å². The summed E-state index contributed by atoms with van der Waals surface area (Å²) in [6, 6.07) is 6.56. The van der Waals surface area contributed by atoms with E-state index in [-0.39, 0.29) is 16.9 Å². The predicted octanol–water partition coefficient (Wildman–Crippen LogP) is 3.93. The Kier molecular flexibility index (Phi) is 4.08. The standard InChI is InChI=1S/C18H26O2/c1-13(20-6)18(12-19-5)11-10-14-8-7-9-15(16(14)18)17(2,3)4/h7-11,13H,12H2,1-6H3. The molecule has 110 valence electrons. The third kappa shape index (κ3) is 2.32. The molecule has 0 amide bonds. The fraction of sp³-hybridized carbons (Fsp3) is 0.556. The molecule has 1 aromatic rings. The van der Waals surface area contributed by atoms with E-state index in [9.17, 15) is 0 Å². The van der Waals surface area contributed by atoms with Crippen molar-refractivity contribution in [1.29, 1.82) is 0 Å². The molecule has 0 saturated carbocycles. The van der Waals surface area contributed by atoms with Crippen LogP contribution in [-0.4, -0.2) is 26.9 Å². The van der Waals surface area contributed by atoms with Gasteiger partial charge in [-0.2, -0.15) is 0 Å². The minimum Gasteiger partial charge on any atom is -0.383 e. The molecule has 20 heavy (non-hydrogen) atoms. The lowest BCUT2D eigenvalue weighted by Crippen LogP contribution is -2.42. The summed E-state index contributed by atoms with van der Waals surface area (Å²) in [6.07, 6.45) is 4.53. The first kappa shape index (κ1) is 15.3. The summed E-state index contributed by atoms with van der Waals surface area (Å²) in [4.78, 5) is 0. The van der Waals surface area contributed by atoms with Crippen molar-refractivity contribution in [2.45, 2.75) is 44.6 Å². The molecule has 2 rings (SSSR count). The number of fused-ring (bicyclic) bond motifs is 1. The normalized spacial score (nSPS) is 22.9. The molecule has 0 spiro atoms. The van der Waals surface area contributed by atoms with Gasteiger partial charge in [-0.3, -0.25) is 0 Å². The molecule has 1 aromatic carbocycles. The maximum absolute atomic E-state index is 5.68. The molecule has 0 aliphatic heterocycles. The molecule has 1 aliphatic rings. The number of rotatable bonds is 4. The highest BCUT2D eigenvalue weighted by molar-refractivity contribution is 5.69. The Morgan fingerprint density at radius 2 is 1.90 bits per heavy atom. The minimum atomic E-state index is -0.192. The largest absolute Gasteiger partial charge is 0.383 e. The van der Waals surface area contributed by atoms with Crippen LogP contribution in [0, 0.1) is 0 Å². The Morgan fingerprint density at radius 1 is 1.20 bits per heavy atom. The third-order valence-corrected chi connectivity index (χ3v) is 4.39. The summed E-state index contributed by atoms with van der Waals surface area (Å²) in [6.45, 7) is 9.54. The van der Waals surface area contributed by atoms with Crippen LogP contribution in [0.5, 0.6) is 0 Å². The molecule has 2 heteroatoms. The number of benzene rings is 1. The lowest BCUT2D eigenvalue weighted by atomic mass is 9.71. The molecular formula is C18H26O2. The number of ether oxygens (including phenoxy) is 2. The van der Waals surface area contributed by atoms with Gasteiger partial charge in [0.15, 0.2) is 0 Å². The second kappa shape index (κ2) is 5.34. The van der Waals surface area contributed by atoms with Crippen molar-refractivity contribution in [1.82, 2.24) is 0 Å². The van der Waals surface area contributed by atoms with Crippen LogP contribution < -0.4 is 0 Å². The maximum atomic E-state index is 5.68. The Labute approximate surface area is 122 Å². The zero-order chi connectivity index (χ0) is 15.0. The first-order valence-corrected chi connectivity index (χ1v) is 7.22. The summed E-state index contributed by atoms with van der Waals surface area (Å²) >= 11 is 0. The van der Waals surface area contributed by atoms with E-state index in [1.165, 1.54) is 16.7 Å². The van der Waals surface area contributed by atoms with Gasteiger partial charge in [0.2, 0.25) is 0 Å². The number of methoxy groups -OCH3 is 2. The van der Waals surface area contributed by atoms with E-state index in [1.807, 2.05) is 0 Å². The van der Waals surface area contributed by atoms with Crippen LogP contribution in [0.2, 0.25) is 0 Å². The minimum absolute atomic E-state index is 0.0726. The van der Waals surface area contributed by atoms with Crippen molar-refractivity contribution in [3.63, 3.8) is 0 Å². The Hall–Kier alpha value is -1.12. The maximum Gasteiger partial charge on any atom is 0.0697 e. The van der Waals surface area contributed by atoms with Crippen molar-refractivity contribution in [3.8, 4) is 0 Å². The Balaban J connectivity index is 2.67. The smallest absolute Gasteiger partial charge is 0.0697 e. The van der Waals surface area contributed by atoms with Crippen molar-refractivity contribution in [3.05, 3.63) is 41.0 Å². The SMILES string of the molecule is COCC1(C(C)OC)C=Cc2cccc(C(C)(C)C)c21. The quantitative estimate of drug-likeness (QED) is 0.828. The lowest BCUT2D eigenvalue weighted by Gasteiger charge is -2.37. The van der Waals surface area contributed by atoms with Crippen LogP contribution in [-0.2, 0) is 20.3 Å². The second-order valence-electron chi connectivity index (χ2n) is 6.70. The number of hydrogen-bond donors (Lipinski definition) is 0. The summed E-state index contributed by atoms with van der Waals surface area (Å²) < 4.78 is 11.2. The lowest BCUT2D eigenvalue weighted by molar-refractivity contribution is 0.0246. The van der Waals surface area contributed by atoms with Crippen molar-refractivity contribution >= 4 is 6.08 Å². The van der Waals surface area contributed by atoms with Gasteiger partial charge in [0.05, 0.1) is 18.1 Å². The second-order valence-corrected chi connectivity index (χ2v) is 6.70. The third-order valence-electron chi connectivity index (χ3n) is 4.39. The molecule has 0 bridgehead atoms. The van der Waals surface area contributed by atoms with Gasteiger partial charge < -0.3 is 9.47 Å². The van der Waals surface area contributed by atoms with Gasteiger partial charge in [-0.15, -0.1) is 0 Å². The van der Waals surface area contributed by atoms with Crippen LogP contribution in [0.1, 0.15) is 44.4 Å². The van der Waals surface area contributed by atoms with Crippen LogP contribution >= 0.6 is 0 Å². The van der Waals surface area contributed by atoms with E-state index in [0.29, 0.717) is 6.61 Å². The molecule has 0 aromatic heterocycles. The zero-order valence-corrected chi connectivity index (χ0v) is 13.5. The highest BCUT2D eigenvalue weighted by Gasteiger charge is 2.43. The van der Waals surface area contributed by atoms with E-state index in [4.69, 9.17) is 9.47 Å². The van der Waals surface area contributed by atoms with E-state index in [1.54, 1.807) is 14.2 Å². The van der Waals surface area contributed by atoms with Gasteiger partial charge in [0, 0.05) is 14.2 Å². The summed E-state index contributed by atoms with van der Waals surface area (Å²) in [7, 11) is 3.53. The molecule has 0 heterocycles. The average molecular weight is 274 g/mol. The summed E-state index contributed by atoms with van der Waals surface area (Å²) in [5.41, 5.74) is 3.94. The van der Waals surface area contributed by atoms with Gasteiger partial charge in [0.25, 0.3) is 0 Å².